The SMILES string of the molecule is COc1ccc(CNC(c2ccccc2)C(C)(C)C)c(OC)c1OC. The lowest BCUT2D eigenvalue weighted by atomic mass is 9.82. The van der Waals surface area contributed by atoms with Gasteiger partial charge in [-0.15, -0.1) is 0 Å². The fourth-order valence-electron chi connectivity index (χ4n) is 3.08. The molecule has 0 saturated carbocycles. The van der Waals surface area contributed by atoms with Gasteiger partial charge in [0.15, 0.2) is 11.5 Å². The summed E-state index contributed by atoms with van der Waals surface area (Å²) in [6.45, 7) is 7.39. The van der Waals surface area contributed by atoms with E-state index in [1.54, 1.807) is 21.3 Å². The van der Waals surface area contributed by atoms with Crippen molar-refractivity contribution in [1.29, 1.82) is 0 Å². The van der Waals surface area contributed by atoms with E-state index < -0.39 is 0 Å². The summed E-state index contributed by atoms with van der Waals surface area (Å²) in [7, 11) is 4.90. The molecule has 0 aliphatic carbocycles. The van der Waals surface area contributed by atoms with Crippen LogP contribution in [0.5, 0.6) is 17.2 Å². The van der Waals surface area contributed by atoms with E-state index in [1.807, 2.05) is 18.2 Å². The van der Waals surface area contributed by atoms with Crippen LogP contribution in [0.15, 0.2) is 42.5 Å². The maximum absolute atomic E-state index is 5.59. The molecule has 1 N–H and O–H groups in total. The summed E-state index contributed by atoms with van der Waals surface area (Å²) in [5.41, 5.74) is 2.38. The van der Waals surface area contributed by atoms with Crippen LogP contribution in [0.3, 0.4) is 0 Å². The van der Waals surface area contributed by atoms with E-state index in [-0.39, 0.29) is 11.5 Å². The van der Waals surface area contributed by atoms with Gasteiger partial charge in [0.25, 0.3) is 0 Å². The summed E-state index contributed by atoms with van der Waals surface area (Å²) < 4.78 is 16.4. The van der Waals surface area contributed by atoms with Gasteiger partial charge in [-0.1, -0.05) is 57.2 Å². The number of benzene rings is 2. The highest BCUT2D eigenvalue weighted by molar-refractivity contribution is 5.55. The molecule has 25 heavy (non-hydrogen) atoms. The standard InChI is InChI=1S/C21H29NO3/c1-21(2,3)20(15-10-8-7-9-11-15)22-14-16-12-13-17(23-4)19(25-6)18(16)24-5/h7-13,20,22H,14H2,1-6H3. The summed E-state index contributed by atoms with van der Waals surface area (Å²) in [4.78, 5) is 0. The van der Waals surface area contributed by atoms with Crippen molar-refractivity contribution in [3.63, 3.8) is 0 Å². The molecule has 4 nitrogen and oxygen atoms in total. The summed E-state index contributed by atoms with van der Waals surface area (Å²) in [6, 6.07) is 14.7. The van der Waals surface area contributed by atoms with Crippen molar-refractivity contribution >= 4 is 0 Å². The zero-order chi connectivity index (χ0) is 18.4. The van der Waals surface area contributed by atoms with Crippen LogP contribution in [-0.4, -0.2) is 21.3 Å². The monoisotopic (exact) mass is 343 g/mol. The van der Waals surface area contributed by atoms with Crippen molar-refractivity contribution in [3.05, 3.63) is 53.6 Å². The molecule has 0 aliphatic heterocycles. The molecule has 1 atom stereocenters. The Labute approximate surface area is 151 Å². The van der Waals surface area contributed by atoms with Crippen molar-refractivity contribution < 1.29 is 14.2 Å². The first-order chi connectivity index (χ1) is 11.9. The lowest BCUT2D eigenvalue weighted by Gasteiger charge is -2.32. The van der Waals surface area contributed by atoms with Gasteiger partial charge in [-0.3, -0.25) is 0 Å². The fraction of sp³-hybridized carbons (Fsp3) is 0.429. The lowest BCUT2D eigenvalue weighted by molar-refractivity contribution is 0.268. The first-order valence-electron chi connectivity index (χ1n) is 8.48. The topological polar surface area (TPSA) is 39.7 Å². The first kappa shape index (κ1) is 19.1. The maximum atomic E-state index is 5.59. The molecule has 2 aromatic carbocycles. The summed E-state index contributed by atoms with van der Waals surface area (Å²) in [5.74, 6) is 1.99. The van der Waals surface area contributed by atoms with Crippen molar-refractivity contribution in [2.24, 2.45) is 5.41 Å². The van der Waals surface area contributed by atoms with Crippen LogP contribution in [0.2, 0.25) is 0 Å². The molecule has 0 bridgehead atoms. The van der Waals surface area contributed by atoms with E-state index in [1.165, 1.54) is 5.56 Å². The van der Waals surface area contributed by atoms with Gasteiger partial charge in [-0.05, 0) is 17.0 Å². The second-order valence-corrected chi connectivity index (χ2v) is 7.08. The van der Waals surface area contributed by atoms with Crippen molar-refractivity contribution in [1.82, 2.24) is 5.32 Å². The number of hydrogen-bond acceptors (Lipinski definition) is 4. The van der Waals surface area contributed by atoms with Crippen LogP contribution in [0.25, 0.3) is 0 Å². The molecule has 0 heterocycles. The fourth-order valence-corrected chi connectivity index (χ4v) is 3.08. The highest BCUT2D eigenvalue weighted by Crippen LogP contribution is 2.40. The van der Waals surface area contributed by atoms with Crippen LogP contribution in [0.1, 0.15) is 37.9 Å². The van der Waals surface area contributed by atoms with E-state index in [4.69, 9.17) is 14.2 Å². The van der Waals surface area contributed by atoms with Crippen LogP contribution in [0.4, 0.5) is 0 Å². The largest absolute Gasteiger partial charge is 0.493 e. The Morgan fingerprint density at radius 2 is 1.48 bits per heavy atom. The smallest absolute Gasteiger partial charge is 0.203 e. The number of nitrogens with one attached hydrogen (secondary N) is 1. The predicted molar refractivity (Wildman–Crippen MR) is 102 cm³/mol. The third-order valence-electron chi connectivity index (χ3n) is 4.28. The van der Waals surface area contributed by atoms with Crippen molar-refractivity contribution in [2.75, 3.05) is 21.3 Å². The van der Waals surface area contributed by atoms with E-state index in [0.717, 1.165) is 5.56 Å². The molecule has 0 aliphatic rings. The minimum absolute atomic E-state index is 0.0745. The molecule has 0 radical (unpaired) electrons. The average Bonchev–Trinajstić information content (AvgIpc) is 2.60. The summed E-state index contributed by atoms with van der Waals surface area (Å²) in [5, 5.41) is 3.68. The van der Waals surface area contributed by atoms with Gasteiger partial charge in [-0.25, -0.2) is 0 Å². The second-order valence-electron chi connectivity index (χ2n) is 7.08. The van der Waals surface area contributed by atoms with Gasteiger partial charge < -0.3 is 19.5 Å². The third-order valence-corrected chi connectivity index (χ3v) is 4.28. The third kappa shape index (κ3) is 4.45. The normalized spacial score (nSPS) is 12.6. The quantitative estimate of drug-likeness (QED) is 0.798. The minimum atomic E-state index is 0.0745. The molecule has 0 amide bonds. The zero-order valence-corrected chi connectivity index (χ0v) is 16.1. The summed E-state index contributed by atoms with van der Waals surface area (Å²) >= 11 is 0. The maximum Gasteiger partial charge on any atom is 0.203 e. The Kier molecular flexibility index (Phi) is 6.32. The van der Waals surface area contributed by atoms with Crippen molar-refractivity contribution in [3.8, 4) is 17.2 Å². The number of hydrogen-bond donors (Lipinski definition) is 1. The molecule has 4 heteroatoms. The molecule has 2 rings (SSSR count). The van der Waals surface area contributed by atoms with E-state index in [0.29, 0.717) is 23.8 Å². The van der Waals surface area contributed by atoms with Gasteiger partial charge in [0.2, 0.25) is 5.75 Å². The summed E-state index contributed by atoms with van der Waals surface area (Å²) in [6.07, 6.45) is 0. The van der Waals surface area contributed by atoms with Gasteiger partial charge in [0, 0.05) is 18.2 Å². The molecule has 136 valence electrons. The van der Waals surface area contributed by atoms with Gasteiger partial charge in [0.1, 0.15) is 0 Å². The molecule has 0 aromatic heterocycles. The van der Waals surface area contributed by atoms with Crippen LogP contribution in [-0.2, 0) is 6.54 Å². The van der Waals surface area contributed by atoms with Crippen molar-refractivity contribution in [2.45, 2.75) is 33.4 Å². The van der Waals surface area contributed by atoms with E-state index in [2.05, 4.69) is 50.4 Å². The molecular formula is C21H29NO3. The number of rotatable bonds is 7. The highest BCUT2D eigenvalue weighted by Gasteiger charge is 2.26. The highest BCUT2D eigenvalue weighted by atomic mass is 16.5. The minimum Gasteiger partial charge on any atom is -0.493 e. The van der Waals surface area contributed by atoms with Gasteiger partial charge in [-0.2, -0.15) is 0 Å². The van der Waals surface area contributed by atoms with Crippen LogP contribution >= 0.6 is 0 Å². The molecule has 0 spiro atoms. The predicted octanol–water partition coefficient (Wildman–Crippen LogP) is 4.59. The molecular weight excluding hydrogens is 314 g/mol. The molecule has 1 unspecified atom stereocenters. The molecule has 0 fully saturated rings. The Hall–Kier alpha value is -2.20. The number of methoxy groups -OCH3 is 3. The Balaban J connectivity index is 2.29. The Bertz CT molecular complexity index is 678. The second kappa shape index (κ2) is 8.26. The van der Waals surface area contributed by atoms with Gasteiger partial charge in [0.05, 0.1) is 21.3 Å². The molecule has 2 aromatic rings. The Morgan fingerprint density at radius 1 is 0.840 bits per heavy atom. The van der Waals surface area contributed by atoms with E-state index >= 15 is 0 Å². The van der Waals surface area contributed by atoms with Crippen LogP contribution in [0, 0.1) is 5.41 Å². The van der Waals surface area contributed by atoms with Gasteiger partial charge >= 0.3 is 0 Å². The average molecular weight is 343 g/mol. The lowest BCUT2D eigenvalue weighted by Crippen LogP contribution is -2.32. The Morgan fingerprint density at radius 3 is 2.00 bits per heavy atom. The van der Waals surface area contributed by atoms with Crippen LogP contribution < -0.4 is 19.5 Å². The molecule has 0 saturated heterocycles. The number of ether oxygens (including phenoxy) is 3. The first-order valence-corrected chi connectivity index (χ1v) is 8.48. The zero-order valence-electron chi connectivity index (χ0n) is 16.1. The van der Waals surface area contributed by atoms with E-state index in [9.17, 15) is 0 Å².